The maximum Gasteiger partial charge on any atom is 0.242 e. The minimum absolute atomic E-state index is 0.0520. The molecule has 0 bridgehead atoms. The first-order valence-electron chi connectivity index (χ1n) is 6.60. The minimum Gasteiger partial charge on any atom is -0.492 e. The van der Waals surface area contributed by atoms with Gasteiger partial charge >= 0.3 is 0 Å². The monoisotopic (exact) mass is 377 g/mol. The zero-order valence-electron chi connectivity index (χ0n) is 12.2. The Bertz CT molecular complexity index is 782. The van der Waals surface area contributed by atoms with Crippen LogP contribution >= 0.6 is 23.2 Å². The Labute approximate surface area is 144 Å². The molecule has 0 aromatic heterocycles. The average molecular weight is 378 g/mol. The number of sulfonamides is 1. The smallest absolute Gasteiger partial charge is 0.242 e. The van der Waals surface area contributed by atoms with Gasteiger partial charge in [0.1, 0.15) is 18.2 Å². The van der Waals surface area contributed by atoms with Crippen LogP contribution in [0.15, 0.2) is 47.4 Å². The molecular weight excluding hydrogens is 364 g/mol. The van der Waals surface area contributed by atoms with Gasteiger partial charge in [0.2, 0.25) is 10.0 Å². The van der Waals surface area contributed by atoms with E-state index < -0.39 is 10.0 Å². The summed E-state index contributed by atoms with van der Waals surface area (Å²) in [5.41, 5.74) is 0. The summed E-state index contributed by atoms with van der Waals surface area (Å²) in [6.07, 6.45) is 0. The fourth-order valence-electron chi connectivity index (χ4n) is 1.76. The van der Waals surface area contributed by atoms with Gasteiger partial charge in [-0.15, -0.1) is 0 Å². The first kappa shape index (κ1) is 18.0. The molecule has 2 aromatic rings. The lowest BCUT2D eigenvalue weighted by Gasteiger charge is -2.17. The highest BCUT2D eigenvalue weighted by molar-refractivity contribution is 7.89. The molecule has 23 heavy (non-hydrogen) atoms. The molecule has 2 aromatic carbocycles. The van der Waals surface area contributed by atoms with E-state index in [0.29, 0.717) is 5.75 Å². The molecule has 0 atom stereocenters. The molecule has 0 saturated carbocycles. The van der Waals surface area contributed by atoms with Gasteiger partial charge in [0.25, 0.3) is 0 Å². The van der Waals surface area contributed by atoms with E-state index in [1.165, 1.54) is 49.5 Å². The van der Waals surface area contributed by atoms with E-state index in [1.54, 1.807) is 0 Å². The fourth-order valence-corrected chi connectivity index (χ4v) is 3.30. The van der Waals surface area contributed by atoms with Crippen molar-refractivity contribution in [3.8, 4) is 5.75 Å². The molecule has 0 fully saturated rings. The van der Waals surface area contributed by atoms with Crippen molar-refractivity contribution in [2.45, 2.75) is 4.90 Å². The molecule has 0 radical (unpaired) electrons. The highest BCUT2D eigenvalue weighted by atomic mass is 35.5. The van der Waals surface area contributed by atoms with Crippen molar-refractivity contribution in [1.82, 2.24) is 4.31 Å². The van der Waals surface area contributed by atoms with Crippen LogP contribution in [0.4, 0.5) is 4.39 Å². The second-order valence-electron chi connectivity index (χ2n) is 4.70. The van der Waals surface area contributed by atoms with E-state index in [0.717, 1.165) is 4.31 Å². The summed E-state index contributed by atoms with van der Waals surface area (Å²) in [6, 6.07) is 9.61. The Hall–Kier alpha value is -1.34. The Kier molecular flexibility index (Phi) is 5.86. The number of hydrogen-bond acceptors (Lipinski definition) is 3. The van der Waals surface area contributed by atoms with E-state index in [2.05, 4.69) is 0 Å². The molecule has 0 heterocycles. The molecule has 0 N–H and O–H groups in total. The number of benzene rings is 2. The van der Waals surface area contributed by atoms with Gasteiger partial charge in [-0.2, -0.15) is 4.31 Å². The van der Waals surface area contributed by atoms with E-state index in [-0.39, 0.29) is 33.9 Å². The predicted octanol–water partition coefficient (Wildman–Crippen LogP) is 3.83. The van der Waals surface area contributed by atoms with Crippen LogP contribution in [0, 0.1) is 5.82 Å². The first-order valence-corrected chi connectivity index (χ1v) is 8.80. The Morgan fingerprint density at radius 1 is 1.09 bits per heavy atom. The summed E-state index contributed by atoms with van der Waals surface area (Å²) in [4.78, 5) is 0.0520. The number of likely N-dealkylation sites (N-methyl/N-ethyl adjacent to an activating group) is 1. The van der Waals surface area contributed by atoms with Crippen molar-refractivity contribution in [3.63, 3.8) is 0 Å². The second-order valence-corrected chi connectivity index (χ2v) is 7.56. The van der Waals surface area contributed by atoms with Crippen LogP contribution in [0.1, 0.15) is 0 Å². The van der Waals surface area contributed by atoms with Crippen LogP contribution in [0.3, 0.4) is 0 Å². The predicted molar refractivity (Wildman–Crippen MR) is 88.2 cm³/mol. The van der Waals surface area contributed by atoms with Gasteiger partial charge < -0.3 is 4.74 Å². The molecule has 0 amide bonds. The minimum atomic E-state index is -3.69. The summed E-state index contributed by atoms with van der Waals surface area (Å²) in [5, 5.41) is 0.455. The first-order chi connectivity index (χ1) is 10.8. The van der Waals surface area contributed by atoms with Crippen molar-refractivity contribution in [2.24, 2.45) is 0 Å². The number of ether oxygens (including phenoxy) is 1. The van der Waals surface area contributed by atoms with Crippen molar-refractivity contribution in [2.75, 3.05) is 20.2 Å². The van der Waals surface area contributed by atoms with Gasteiger partial charge in [0.05, 0.1) is 14.9 Å². The second kappa shape index (κ2) is 7.49. The zero-order chi connectivity index (χ0) is 17.0. The summed E-state index contributed by atoms with van der Waals surface area (Å²) >= 11 is 11.6. The van der Waals surface area contributed by atoms with Crippen molar-refractivity contribution < 1.29 is 17.5 Å². The third kappa shape index (κ3) is 4.57. The molecule has 2 rings (SSSR count). The SMILES string of the molecule is CN(CCOc1ccc(F)cc1)S(=O)(=O)c1ccc(Cl)c(Cl)c1. The molecular formula is C15H14Cl2FNO3S. The van der Waals surface area contributed by atoms with Gasteiger partial charge in [-0.25, -0.2) is 12.8 Å². The van der Waals surface area contributed by atoms with E-state index in [1.807, 2.05) is 0 Å². The molecule has 8 heteroatoms. The number of nitrogens with zero attached hydrogens (tertiary/aromatic N) is 1. The summed E-state index contributed by atoms with van der Waals surface area (Å²) in [7, 11) is -2.25. The molecule has 0 spiro atoms. The number of rotatable bonds is 6. The quantitative estimate of drug-likeness (QED) is 0.768. The fraction of sp³-hybridized carbons (Fsp3) is 0.200. The Morgan fingerprint density at radius 3 is 2.35 bits per heavy atom. The third-order valence-corrected chi connectivity index (χ3v) is 5.68. The number of halogens is 3. The largest absolute Gasteiger partial charge is 0.492 e. The maximum atomic E-state index is 12.8. The highest BCUT2D eigenvalue weighted by Gasteiger charge is 2.21. The van der Waals surface area contributed by atoms with Crippen LogP contribution in [-0.4, -0.2) is 32.9 Å². The molecule has 0 aliphatic heterocycles. The van der Waals surface area contributed by atoms with Crippen LogP contribution in [0.25, 0.3) is 0 Å². The molecule has 0 aliphatic carbocycles. The topological polar surface area (TPSA) is 46.6 Å². The maximum absolute atomic E-state index is 12.8. The lowest BCUT2D eigenvalue weighted by Crippen LogP contribution is -2.31. The molecule has 0 unspecified atom stereocenters. The zero-order valence-corrected chi connectivity index (χ0v) is 14.5. The summed E-state index contributed by atoms with van der Waals surface area (Å²) < 4.78 is 44.1. The normalized spacial score (nSPS) is 11.7. The average Bonchev–Trinajstić information content (AvgIpc) is 2.51. The van der Waals surface area contributed by atoms with Crippen molar-refractivity contribution in [1.29, 1.82) is 0 Å². The Balaban J connectivity index is 1.99. The van der Waals surface area contributed by atoms with Gasteiger partial charge in [-0.05, 0) is 42.5 Å². The Morgan fingerprint density at radius 2 is 1.74 bits per heavy atom. The van der Waals surface area contributed by atoms with Gasteiger partial charge in [0, 0.05) is 13.6 Å². The molecule has 0 aliphatic rings. The molecule has 0 saturated heterocycles. The van der Waals surface area contributed by atoms with E-state index >= 15 is 0 Å². The van der Waals surface area contributed by atoms with E-state index in [4.69, 9.17) is 27.9 Å². The highest BCUT2D eigenvalue weighted by Crippen LogP contribution is 2.26. The lowest BCUT2D eigenvalue weighted by molar-refractivity contribution is 0.286. The summed E-state index contributed by atoms with van der Waals surface area (Å²) in [5.74, 6) is 0.100. The number of hydrogen-bond donors (Lipinski definition) is 0. The van der Waals surface area contributed by atoms with Crippen LogP contribution in [-0.2, 0) is 10.0 Å². The van der Waals surface area contributed by atoms with E-state index in [9.17, 15) is 12.8 Å². The summed E-state index contributed by atoms with van der Waals surface area (Å²) in [6.45, 7) is 0.253. The van der Waals surface area contributed by atoms with Crippen molar-refractivity contribution in [3.05, 3.63) is 58.3 Å². The third-order valence-electron chi connectivity index (χ3n) is 3.09. The molecule has 4 nitrogen and oxygen atoms in total. The van der Waals surface area contributed by atoms with Gasteiger partial charge in [0.15, 0.2) is 0 Å². The molecule has 124 valence electrons. The van der Waals surface area contributed by atoms with Gasteiger partial charge in [-0.1, -0.05) is 23.2 Å². The van der Waals surface area contributed by atoms with Crippen LogP contribution in [0.2, 0.25) is 10.0 Å². The van der Waals surface area contributed by atoms with Crippen molar-refractivity contribution >= 4 is 33.2 Å². The van der Waals surface area contributed by atoms with Crippen LogP contribution in [0.5, 0.6) is 5.75 Å². The lowest BCUT2D eigenvalue weighted by atomic mass is 10.3. The van der Waals surface area contributed by atoms with Gasteiger partial charge in [-0.3, -0.25) is 0 Å². The standard InChI is InChI=1S/C15H14Cl2FNO3S/c1-19(8-9-22-12-4-2-11(18)3-5-12)23(20,21)13-6-7-14(16)15(17)10-13/h2-7,10H,8-9H2,1H3. The van der Waals surface area contributed by atoms with Crippen LogP contribution < -0.4 is 4.74 Å².